The minimum atomic E-state index is -3.26. The summed E-state index contributed by atoms with van der Waals surface area (Å²) in [7, 11) is 0.292. The molecule has 0 amide bonds. The van der Waals surface area contributed by atoms with E-state index in [-0.39, 0.29) is 0 Å². The Labute approximate surface area is 112 Å². The van der Waals surface area contributed by atoms with E-state index in [0.717, 1.165) is 19.4 Å². The Bertz CT molecular complexity index is 345. The first kappa shape index (κ1) is 15.9. The van der Waals surface area contributed by atoms with Gasteiger partial charge in [-0.05, 0) is 38.3 Å². The van der Waals surface area contributed by atoms with E-state index < -0.39 is 10.2 Å². The van der Waals surface area contributed by atoms with Crippen LogP contribution < -0.4 is 5.32 Å². The summed E-state index contributed by atoms with van der Waals surface area (Å²) in [4.78, 5) is 0. The third-order valence-electron chi connectivity index (χ3n) is 3.92. The van der Waals surface area contributed by atoms with Crippen molar-refractivity contribution in [1.29, 1.82) is 0 Å². The quantitative estimate of drug-likeness (QED) is 0.729. The van der Waals surface area contributed by atoms with Crippen LogP contribution in [0.2, 0.25) is 0 Å². The van der Waals surface area contributed by atoms with Crippen molar-refractivity contribution < 1.29 is 8.42 Å². The molecule has 6 heteroatoms. The minimum Gasteiger partial charge on any atom is -0.320 e. The van der Waals surface area contributed by atoms with E-state index in [1.165, 1.54) is 4.31 Å². The highest BCUT2D eigenvalue weighted by atomic mass is 32.2. The normalized spacial score (nSPS) is 26.7. The molecule has 1 aliphatic rings. The second-order valence-corrected chi connectivity index (χ2v) is 7.42. The molecule has 2 atom stereocenters. The van der Waals surface area contributed by atoms with E-state index in [4.69, 9.17) is 0 Å². The highest BCUT2D eigenvalue weighted by Gasteiger charge is 2.32. The molecule has 0 aliphatic carbocycles. The molecule has 18 heavy (non-hydrogen) atoms. The maximum absolute atomic E-state index is 12.4. The molecule has 1 N–H and O–H groups in total. The second kappa shape index (κ2) is 6.84. The Morgan fingerprint density at radius 3 is 2.56 bits per heavy atom. The molecule has 5 nitrogen and oxygen atoms in total. The molecule has 0 aromatic heterocycles. The standard InChI is InChI=1S/C12H27N3O2S/c1-11-6-9-15(10-12(11)2)18(16,17)14(4)8-5-7-13-3/h11-13H,5-10H2,1-4H3. The monoisotopic (exact) mass is 277 g/mol. The first-order valence-corrected chi connectivity index (χ1v) is 8.15. The van der Waals surface area contributed by atoms with Crippen molar-refractivity contribution in [3.05, 3.63) is 0 Å². The van der Waals surface area contributed by atoms with Gasteiger partial charge >= 0.3 is 0 Å². The molecule has 0 aromatic carbocycles. The fraction of sp³-hybridized carbons (Fsp3) is 1.00. The predicted octanol–water partition coefficient (Wildman–Crippen LogP) is 0.750. The smallest absolute Gasteiger partial charge is 0.281 e. The van der Waals surface area contributed by atoms with Gasteiger partial charge in [0.15, 0.2) is 0 Å². The maximum Gasteiger partial charge on any atom is 0.281 e. The zero-order valence-electron chi connectivity index (χ0n) is 12.0. The van der Waals surface area contributed by atoms with Gasteiger partial charge < -0.3 is 5.32 Å². The third kappa shape index (κ3) is 3.91. The molecule has 0 spiro atoms. The Hall–Kier alpha value is -0.170. The summed E-state index contributed by atoms with van der Waals surface area (Å²) < 4.78 is 27.8. The van der Waals surface area contributed by atoms with Crippen LogP contribution in [0.5, 0.6) is 0 Å². The lowest BCUT2D eigenvalue weighted by Crippen LogP contribution is -2.48. The number of hydrogen-bond donors (Lipinski definition) is 1. The van der Waals surface area contributed by atoms with Crippen LogP contribution in [0.4, 0.5) is 0 Å². The first-order chi connectivity index (χ1) is 8.39. The van der Waals surface area contributed by atoms with Crippen molar-refractivity contribution in [1.82, 2.24) is 13.9 Å². The van der Waals surface area contributed by atoms with E-state index in [1.54, 1.807) is 11.4 Å². The average Bonchev–Trinajstić information content (AvgIpc) is 2.32. The molecule has 2 unspecified atom stereocenters. The van der Waals surface area contributed by atoms with Crippen molar-refractivity contribution >= 4 is 10.2 Å². The predicted molar refractivity (Wildman–Crippen MR) is 74.6 cm³/mol. The van der Waals surface area contributed by atoms with Gasteiger partial charge in [0, 0.05) is 26.7 Å². The zero-order valence-corrected chi connectivity index (χ0v) is 12.8. The molecule has 1 saturated heterocycles. The summed E-state index contributed by atoms with van der Waals surface area (Å²) in [5, 5.41) is 3.03. The Morgan fingerprint density at radius 1 is 1.33 bits per heavy atom. The topological polar surface area (TPSA) is 52.7 Å². The van der Waals surface area contributed by atoms with Crippen LogP contribution in [0.15, 0.2) is 0 Å². The molecule has 1 rings (SSSR count). The summed E-state index contributed by atoms with van der Waals surface area (Å²) in [6.07, 6.45) is 1.80. The molecule has 0 radical (unpaired) electrons. The van der Waals surface area contributed by atoms with Crippen molar-refractivity contribution in [2.24, 2.45) is 11.8 Å². The Morgan fingerprint density at radius 2 is 2.00 bits per heavy atom. The Balaban J connectivity index is 2.57. The maximum atomic E-state index is 12.4. The van der Waals surface area contributed by atoms with Gasteiger partial charge in [0.1, 0.15) is 0 Å². The van der Waals surface area contributed by atoms with E-state index >= 15 is 0 Å². The SMILES string of the molecule is CNCCCN(C)S(=O)(=O)N1CCC(C)C(C)C1. The highest BCUT2D eigenvalue weighted by Crippen LogP contribution is 2.25. The van der Waals surface area contributed by atoms with Gasteiger partial charge in [-0.3, -0.25) is 0 Å². The van der Waals surface area contributed by atoms with E-state index in [2.05, 4.69) is 19.2 Å². The third-order valence-corrected chi connectivity index (χ3v) is 5.87. The zero-order chi connectivity index (χ0) is 13.8. The van der Waals surface area contributed by atoms with Gasteiger partial charge in [-0.15, -0.1) is 0 Å². The minimum absolute atomic E-state index is 0.444. The van der Waals surface area contributed by atoms with E-state index in [1.807, 2.05) is 7.05 Å². The summed E-state index contributed by atoms with van der Waals surface area (Å²) >= 11 is 0. The highest BCUT2D eigenvalue weighted by molar-refractivity contribution is 7.86. The van der Waals surface area contributed by atoms with Crippen molar-refractivity contribution in [2.75, 3.05) is 40.3 Å². The largest absolute Gasteiger partial charge is 0.320 e. The van der Waals surface area contributed by atoms with Gasteiger partial charge in [-0.1, -0.05) is 13.8 Å². The van der Waals surface area contributed by atoms with Gasteiger partial charge in [-0.25, -0.2) is 0 Å². The van der Waals surface area contributed by atoms with Gasteiger partial charge in [0.05, 0.1) is 0 Å². The number of piperidine rings is 1. The van der Waals surface area contributed by atoms with Crippen LogP contribution in [0.3, 0.4) is 0 Å². The number of nitrogens with one attached hydrogen (secondary N) is 1. The molecular formula is C12H27N3O2S. The number of rotatable bonds is 6. The molecule has 1 aliphatic heterocycles. The molecule has 108 valence electrons. The van der Waals surface area contributed by atoms with Crippen molar-refractivity contribution in [3.63, 3.8) is 0 Å². The fourth-order valence-electron chi connectivity index (χ4n) is 2.23. The van der Waals surface area contributed by atoms with Crippen LogP contribution in [-0.4, -0.2) is 57.3 Å². The van der Waals surface area contributed by atoms with Gasteiger partial charge in [0.2, 0.25) is 0 Å². The summed E-state index contributed by atoms with van der Waals surface area (Å²) in [5.41, 5.74) is 0. The molecule has 0 saturated carbocycles. The molecule has 1 heterocycles. The lowest BCUT2D eigenvalue weighted by molar-refractivity contribution is 0.203. The average molecular weight is 277 g/mol. The summed E-state index contributed by atoms with van der Waals surface area (Å²) in [6.45, 7) is 7.06. The van der Waals surface area contributed by atoms with Crippen molar-refractivity contribution in [3.8, 4) is 0 Å². The number of hydrogen-bond acceptors (Lipinski definition) is 3. The van der Waals surface area contributed by atoms with Crippen LogP contribution in [0.1, 0.15) is 26.7 Å². The van der Waals surface area contributed by atoms with Crippen LogP contribution in [-0.2, 0) is 10.2 Å². The Kier molecular flexibility index (Phi) is 6.04. The van der Waals surface area contributed by atoms with E-state index in [0.29, 0.717) is 31.5 Å². The van der Waals surface area contributed by atoms with Crippen LogP contribution in [0, 0.1) is 11.8 Å². The molecular weight excluding hydrogens is 250 g/mol. The van der Waals surface area contributed by atoms with E-state index in [9.17, 15) is 8.42 Å². The van der Waals surface area contributed by atoms with Crippen molar-refractivity contribution in [2.45, 2.75) is 26.7 Å². The fourth-order valence-corrected chi connectivity index (χ4v) is 3.74. The summed E-state index contributed by atoms with van der Waals surface area (Å²) in [5.74, 6) is 1.06. The lowest BCUT2D eigenvalue weighted by atomic mass is 9.90. The van der Waals surface area contributed by atoms with Crippen LogP contribution in [0.25, 0.3) is 0 Å². The van der Waals surface area contributed by atoms with Crippen LogP contribution >= 0.6 is 0 Å². The van der Waals surface area contributed by atoms with Gasteiger partial charge in [0.25, 0.3) is 10.2 Å². The van der Waals surface area contributed by atoms with Gasteiger partial charge in [-0.2, -0.15) is 17.0 Å². The lowest BCUT2D eigenvalue weighted by Gasteiger charge is -2.36. The second-order valence-electron chi connectivity index (χ2n) is 5.39. The number of nitrogens with zero attached hydrogens (tertiary/aromatic N) is 2. The molecule has 0 aromatic rings. The first-order valence-electron chi connectivity index (χ1n) is 6.75. The molecule has 1 fully saturated rings. The summed E-state index contributed by atoms with van der Waals surface area (Å²) in [6, 6.07) is 0. The molecule has 0 bridgehead atoms.